The molecule has 0 saturated carbocycles. The number of piperidine rings is 1. The lowest BCUT2D eigenvalue weighted by Gasteiger charge is -2.32. The molecule has 1 aliphatic carbocycles. The fourth-order valence-electron chi connectivity index (χ4n) is 3.23. The van der Waals surface area contributed by atoms with Crippen LogP contribution in [-0.2, 0) is 12.8 Å². The Morgan fingerprint density at radius 2 is 2.00 bits per heavy atom. The number of hydrogen-bond acceptors (Lipinski definition) is 4. The predicted octanol–water partition coefficient (Wildman–Crippen LogP) is 2.25. The largest absolute Gasteiger partial charge is 0.367 e. The third kappa shape index (κ3) is 2.89. The molecule has 0 bridgehead atoms. The summed E-state index contributed by atoms with van der Waals surface area (Å²) in [6.07, 6.45) is 9.02. The Bertz CT molecular complexity index is 424. The molecule has 0 amide bonds. The maximum atomic E-state index is 4.49. The quantitative estimate of drug-likeness (QED) is 0.905. The van der Waals surface area contributed by atoms with E-state index < -0.39 is 0 Å². The zero-order valence-electron chi connectivity index (χ0n) is 11.9. The van der Waals surface area contributed by atoms with Gasteiger partial charge in [0.05, 0.1) is 0 Å². The van der Waals surface area contributed by atoms with Crippen LogP contribution in [0.25, 0.3) is 0 Å². The van der Waals surface area contributed by atoms with Crippen LogP contribution in [0.4, 0.5) is 5.82 Å². The van der Waals surface area contributed by atoms with Gasteiger partial charge in [-0.15, -0.1) is 0 Å². The fraction of sp³-hybridized carbons (Fsp3) is 0.733. The number of fused-ring (bicyclic) bond motifs is 1. The lowest BCUT2D eigenvalue weighted by Crippen LogP contribution is -2.39. The highest BCUT2D eigenvalue weighted by molar-refractivity contribution is 5.47. The first-order valence-corrected chi connectivity index (χ1v) is 7.68. The molecule has 1 aromatic heterocycles. The minimum absolute atomic E-state index is 0.587. The summed E-state index contributed by atoms with van der Waals surface area (Å²) in [7, 11) is 0. The van der Waals surface area contributed by atoms with Gasteiger partial charge in [0.15, 0.2) is 0 Å². The first kappa shape index (κ1) is 12.9. The van der Waals surface area contributed by atoms with Crippen molar-refractivity contribution in [2.45, 2.75) is 51.5 Å². The standard InChI is InChI=1S/C15H24N4/c1-2-19-9-7-12(8-10-19)18-15-13-5-3-4-6-14(13)16-11-17-15/h11-12H,2-10H2,1H3,(H,16,17,18). The maximum absolute atomic E-state index is 4.49. The number of likely N-dealkylation sites (tertiary alicyclic amines) is 1. The van der Waals surface area contributed by atoms with Crippen LogP contribution in [0.1, 0.15) is 43.9 Å². The van der Waals surface area contributed by atoms with Crippen LogP contribution < -0.4 is 5.32 Å². The number of aromatic nitrogens is 2. The SMILES string of the molecule is CCN1CCC(Nc2ncnc3c2CCCC3)CC1. The van der Waals surface area contributed by atoms with E-state index in [1.165, 1.54) is 56.6 Å². The average Bonchev–Trinajstić information content (AvgIpc) is 2.48. The minimum atomic E-state index is 0.587. The molecule has 0 aromatic carbocycles. The Balaban J connectivity index is 1.67. The van der Waals surface area contributed by atoms with Crippen LogP contribution in [0.2, 0.25) is 0 Å². The van der Waals surface area contributed by atoms with Crippen molar-refractivity contribution in [1.82, 2.24) is 14.9 Å². The van der Waals surface area contributed by atoms with Crippen molar-refractivity contribution in [3.8, 4) is 0 Å². The van der Waals surface area contributed by atoms with Gasteiger partial charge >= 0.3 is 0 Å². The Morgan fingerprint density at radius 1 is 1.21 bits per heavy atom. The van der Waals surface area contributed by atoms with Crippen molar-refractivity contribution in [2.24, 2.45) is 0 Å². The van der Waals surface area contributed by atoms with Gasteiger partial charge in [0, 0.05) is 30.4 Å². The molecule has 0 unspecified atom stereocenters. The van der Waals surface area contributed by atoms with Crippen LogP contribution in [0.15, 0.2) is 6.33 Å². The van der Waals surface area contributed by atoms with Crippen LogP contribution in [0.5, 0.6) is 0 Å². The van der Waals surface area contributed by atoms with Crippen molar-refractivity contribution in [1.29, 1.82) is 0 Å². The number of hydrogen-bond donors (Lipinski definition) is 1. The van der Waals surface area contributed by atoms with E-state index in [-0.39, 0.29) is 0 Å². The molecular formula is C15H24N4. The Hall–Kier alpha value is -1.16. The molecule has 1 N–H and O–H groups in total. The Kier molecular flexibility index (Phi) is 3.97. The Morgan fingerprint density at radius 3 is 2.79 bits per heavy atom. The van der Waals surface area contributed by atoms with Gasteiger partial charge in [0.25, 0.3) is 0 Å². The van der Waals surface area contributed by atoms with E-state index >= 15 is 0 Å². The van der Waals surface area contributed by atoms with Gasteiger partial charge in [-0.3, -0.25) is 0 Å². The molecule has 0 atom stereocenters. The molecule has 1 fully saturated rings. The van der Waals surface area contributed by atoms with E-state index in [0.29, 0.717) is 6.04 Å². The molecule has 2 heterocycles. The van der Waals surface area contributed by atoms with Gasteiger partial charge in [0.1, 0.15) is 12.1 Å². The molecule has 4 heteroatoms. The van der Waals surface area contributed by atoms with E-state index in [4.69, 9.17) is 0 Å². The number of rotatable bonds is 3. The number of nitrogens with zero attached hydrogens (tertiary/aromatic N) is 3. The first-order valence-electron chi connectivity index (χ1n) is 7.68. The average molecular weight is 260 g/mol. The van der Waals surface area contributed by atoms with Gasteiger partial charge < -0.3 is 10.2 Å². The van der Waals surface area contributed by atoms with Crippen LogP contribution in [-0.4, -0.2) is 40.5 Å². The smallest absolute Gasteiger partial charge is 0.133 e. The molecule has 19 heavy (non-hydrogen) atoms. The normalized spacial score (nSPS) is 21.1. The van der Waals surface area contributed by atoms with Gasteiger partial charge in [-0.2, -0.15) is 0 Å². The topological polar surface area (TPSA) is 41.0 Å². The zero-order valence-corrected chi connectivity index (χ0v) is 11.9. The van der Waals surface area contributed by atoms with Crippen LogP contribution in [0, 0.1) is 0 Å². The van der Waals surface area contributed by atoms with Crippen molar-refractivity contribution in [2.75, 3.05) is 25.0 Å². The maximum Gasteiger partial charge on any atom is 0.133 e. The fourth-order valence-corrected chi connectivity index (χ4v) is 3.23. The summed E-state index contributed by atoms with van der Waals surface area (Å²) < 4.78 is 0. The molecule has 1 aromatic rings. The summed E-state index contributed by atoms with van der Waals surface area (Å²) in [4.78, 5) is 11.4. The van der Waals surface area contributed by atoms with E-state index in [1.54, 1.807) is 6.33 Å². The van der Waals surface area contributed by atoms with Crippen LogP contribution >= 0.6 is 0 Å². The zero-order chi connectivity index (χ0) is 13.1. The lowest BCUT2D eigenvalue weighted by molar-refractivity contribution is 0.229. The molecule has 1 saturated heterocycles. The van der Waals surface area contributed by atoms with Crippen molar-refractivity contribution in [3.05, 3.63) is 17.6 Å². The molecular weight excluding hydrogens is 236 g/mol. The third-order valence-electron chi connectivity index (χ3n) is 4.50. The van der Waals surface area contributed by atoms with E-state index in [2.05, 4.69) is 27.1 Å². The van der Waals surface area contributed by atoms with Crippen LogP contribution in [0.3, 0.4) is 0 Å². The van der Waals surface area contributed by atoms with Gasteiger partial charge in [-0.25, -0.2) is 9.97 Å². The number of anilines is 1. The molecule has 2 aliphatic rings. The highest BCUT2D eigenvalue weighted by atomic mass is 15.1. The lowest BCUT2D eigenvalue weighted by atomic mass is 9.96. The van der Waals surface area contributed by atoms with E-state index in [1.807, 2.05) is 0 Å². The van der Waals surface area contributed by atoms with Crippen molar-refractivity contribution in [3.63, 3.8) is 0 Å². The predicted molar refractivity (Wildman–Crippen MR) is 77.4 cm³/mol. The molecule has 1 aliphatic heterocycles. The summed E-state index contributed by atoms with van der Waals surface area (Å²) in [5, 5.41) is 3.68. The van der Waals surface area contributed by atoms with E-state index in [0.717, 1.165) is 18.7 Å². The number of nitrogens with one attached hydrogen (secondary N) is 1. The summed E-state index contributed by atoms with van der Waals surface area (Å²) in [5.41, 5.74) is 2.65. The molecule has 3 rings (SSSR count). The van der Waals surface area contributed by atoms with Gasteiger partial charge in [-0.1, -0.05) is 6.92 Å². The van der Waals surface area contributed by atoms with E-state index in [9.17, 15) is 0 Å². The molecule has 104 valence electrons. The first-order chi connectivity index (χ1) is 9.36. The minimum Gasteiger partial charge on any atom is -0.367 e. The molecule has 0 radical (unpaired) electrons. The highest BCUT2D eigenvalue weighted by Gasteiger charge is 2.21. The molecule has 0 spiro atoms. The summed E-state index contributed by atoms with van der Waals surface area (Å²) in [6.45, 7) is 5.84. The second kappa shape index (κ2) is 5.87. The summed E-state index contributed by atoms with van der Waals surface area (Å²) >= 11 is 0. The second-order valence-corrected chi connectivity index (χ2v) is 5.71. The Labute approximate surface area is 115 Å². The van der Waals surface area contributed by atoms with Gasteiger partial charge in [0.2, 0.25) is 0 Å². The van der Waals surface area contributed by atoms with Gasteiger partial charge in [-0.05, 0) is 45.1 Å². The third-order valence-corrected chi connectivity index (χ3v) is 4.50. The number of aryl methyl sites for hydroxylation is 1. The summed E-state index contributed by atoms with van der Waals surface area (Å²) in [6, 6.07) is 0.587. The monoisotopic (exact) mass is 260 g/mol. The van der Waals surface area contributed by atoms with Crippen molar-refractivity contribution >= 4 is 5.82 Å². The van der Waals surface area contributed by atoms with Crippen molar-refractivity contribution < 1.29 is 0 Å². The highest BCUT2D eigenvalue weighted by Crippen LogP contribution is 2.26. The molecule has 4 nitrogen and oxygen atoms in total. The second-order valence-electron chi connectivity index (χ2n) is 5.71. The summed E-state index contributed by atoms with van der Waals surface area (Å²) in [5.74, 6) is 1.11.